The number of nitrogens with zero attached hydrogens (tertiary/aromatic N) is 2. The zero-order chi connectivity index (χ0) is 14.8. The fourth-order valence-electron chi connectivity index (χ4n) is 2.27. The molecule has 0 spiro atoms. The van der Waals surface area contributed by atoms with Crippen LogP contribution in [0.15, 0.2) is 59.1 Å². The third-order valence-corrected chi connectivity index (χ3v) is 3.90. The van der Waals surface area contributed by atoms with Gasteiger partial charge in [0, 0.05) is 16.1 Å². The zero-order valence-corrected chi connectivity index (χ0v) is 13.3. The molecule has 21 heavy (non-hydrogen) atoms. The molecule has 1 heterocycles. The summed E-state index contributed by atoms with van der Waals surface area (Å²) in [5.74, 6) is 0.675. The van der Waals surface area contributed by atoms with Crippen LogP contribution in [0.4, 0.5) is 5.82 Å². The summed E-state index contributed by atoms with van der Waals surface area (Å²) < 4.78 is 2.90. The van der Waals surface area contributed by atoms with Crippen LogP contribution in [0.1, 0.15) is 11.1 Å². The third-order valence-electron chi connectivity index (χ3n) is 3.37. The Labute approximate surface area is 132 Å². The summed E-state index contributed by atoms with van der Waals surface area (Å²) in [4.78, 5) is 0. The van der Waals surface area contributed by atoms with Gasteiger partial charge in [0.2, 0.25) is 0 Å². The second kappa shape index (κ2) is 5.74. The molecule has 3 aromatic rings. The molecule has 3 rings (SSSR count). The van der Waals surface area contributed by atoms with E-state index in [-0.39, 0.29) is 0 Å². The van der Waals surface area contributed by atoms with Gasteiger partial charge in [0.05, 0.1) is 12.2 Å². The van der Waals surface area contributed by atoms with Crippen molar-refractivity contribution in [1.29, 1.82) is 0 Å². The summed E-state index contributed by atoms with van der Waals surface area (Å²) in [6, 6.07) is 18.4. The van der Waals surface area contributed by atoms with Crippen molar-refractivity contribution in [2.45, 2.75) is 13.5 Å². The molecule has 0 saturated carbocycles. The van der Waals surface area contributed by atoms with Gasteiger partial charge in [0.25, 0.3) is 0 Å². The minimum Gasteiger partial charge on any atom is -0.384 e. The van der Waals surface area contributed by atoms with Gasteiger partial charge in [-0.25, -0.2) is 4.68 Å². The van der Waals surface area contributed by atoms with Gasteiger partial charge in [0.15, 0.2) is 0 Å². The van der Waals surface area contributed by atoms with Crippen LogP contribution in [0.25, 0.3) is 11.3 Å². The van der Waals surface area contributed by atoms with Gasteiger partial charge < -0.3 is 5.73 Å². The second-order valence-electron chi connectivity index (χ2n) is 5.11. The molecule has 0 aliphatic rings. The summed E-state index contributed by atoms with van der Waals surface area (Å²) in [6.07, 6.45) is 0. The highest BCUT2D eigenvalue weighted by Gasteiger charge is 2.08. The normalized spacial score (nSPS) is 10.8. The lowest BCUT2D eigenvalue weighted by Gasteiger charge is -2.04. The number of nitrogen functional groups attached to an aromatic ring is 1. The summed E-state index contributed by atoms with van der Waals surface area (Å²) in [6.45, 7) is 2.75. The van der Waals surface area contributed by atoms with Crippen LogP contribution in [0, 0.1) is 6.92 Å². The Morgan fingerprint density at radius 2 is 1.86 bits per heavy atom. The molecule has 0 aliphatic carbocycles. The van der Waals surface area contributed by atoms with Crippen molar-refractivity contribution in [3.8, 4) is 11.3 Å². The van der Waals surface area contributed by atoms with Crippen molar-refractivity contribution in [2.75, 3.05) is 5.73 Å². The first-order valence-electron chi connectivity index (χ1n) is 6.76. The summed E-state index contributed by atoms with van der Waals surface area (Å²) in [5, 5.41) is 4.62. The van der Waals surface area contributed by atoms with Gasteiger partial charge >= 0.3 is 0 Å². The Hall–Kier alpha value is -2.07. The van der Waals surface area contributed by atoms with E-state index in [2.05, 4.69) is 58.3 Å². The minimum atomic E-state index is 0.672. The summed E-state index contributed by atoms with van der Waals surface area (Å²) >= 11 is 3.44. The van der Waals surface area contributed by atoms with Gasteiger partial charge in [-0.15, -0.1) is 0 Å². The predicted octanol–water partition coefficient (Wildman–Crippen LogP) is 4.25. The number of benzene rings is 2. The van der Waals surface area contributed by atoms with Gasteiger partial charge in [-0.2, -0.15) is 5.10 Å². The number of nitrogens with two attached hydrogens (primary N) is 1. The Kier molecular flexibility index (Phi) is 3.80. The summed E-state index contributed by atoms with van der Waals surface area (Å²) in [5.41, 5.74) is 10.5. The van der Waals surface area contributed by atoms with Crippen molar-refractivity contribution in [2.24, 2.45) is 0 Å². The van der Waals surface area contributed by atoms with E-state index in [9.17, 15) is 0 Å². The lowest BCUT2D eigenvalue weighted by Crippen LogP contribution is -2.05. The van der Waals surface area contributed by atoms with E-state index in [4.69, 9.17) is 5.73 Å². The molecular weight excluding hydrogens is 326 g/mol. The fourth-order valence-corrected chi connectivity index (χ4v) is 2.53. The average Bonchev–Trinajstić information content (AvgIpc) is 2.83. The van der Waals surface area contributed by atoms with Gasteiger partial charge in [0.1, 0.15) is 5.82 Å². The van der Waals surface area contributed by atoms with Crippen LogP contribution in [-0.4, -0.2) is 9.78 Å². The van der Waals surface area contributed by atoms with Gasteiger partial charge in [-0.3, -0.25) is 0 Å². The van der Waals surface area contributed by atoms with Crippen LogP contribution < -0.4 is 5.73 Å². The molecule has 0 saturated heterocycles. The fraction of sp³-hybridized carbons (Fsp3) is 0.118. The maximum atomic E-state index is 6.09. The van der Waals surface area contributed by atoms with E-state index >= 15 is 0 Å². The lowest BCUT2D eigenvalue weighted by atomic mass is 10.1. The van der Waals surface area contributed by atoms with Crippen LogP contribution in [-0.2, 0) is 6.54 Å². The zero-order valence-electron chi connectivity index (χ0n) is 11.8. The lowest BCUT2D eigenvalue weighted by molar-refractivity contribution is 0.699. The minimum absolute atomic E-state index is 0.672. The number of anilines is 1. The first-order chi connectivity index (χ1) is 10.1. The molecule has 0 atom stereocenters. The van der Waals surface area contributed by atoms with Gasteiger partial charge in [-0.05, 0) is 30.7 Å². The van der Waals surface area contributed by atoms with Crippen molar-refractivity contribution in [3.05, 3.63) is 70.2 Å². The van der Waals surface area contributed by atoms with E-state index in [1.807, 2.05) is 28.9 Å². The van der Waals surface area contributed by atoms with Gasteiger partial charge in [-0.1, -0.05) is 51.8 Å². The number of aryl methyl sites for hydroxylation is 1. The maximum absolute atomic E-state index is 6.09. The first-order valence-corrected chi connectivity index (χ1v) is 7.56. The molecule has 4 heteroatoms. The molecule has 3 nitrogen and oxygen atoms in total. The van der Waals surface area contributed by atoms with E-state index in [1.54, 1.807) is 0 Å². The third kappa shape index (κ3) is 3.16. The van der Waals surface area contributed by atoms with Crippen molar-refractivity contribution in [1.82, 2.24) is 9.78 Å². The number of aromatic nitrogens is 2. The molecule has 0 radical (unpaired) electrons. The first kappa shape index (κ1) is 13.9. The smallest absolute Gasteiger partial charge is 0.122 e. The molecule has 0 bridgehead atoms. The van der Waals surface area contributed by atoms with E-state index in [0.29, 0.717) is 12.4 Å². The predicted molar refractivity (Wildman–Crippen MR) is 90.1 cm³/mol. The Bertz CT molecular complexity index is 760. The highest BCUT2D eigenvalue weighted by molar-refractivity contribution is 9.10. The second-order valence-corrected chi connectivity index (χ2v) is 6.02. The van der Waals surface area contributed by atoms with Crippen LogP contribution in [0.5, 0.6) is 0 Å². The van der Waals surface area contributed by atoms with Crippen LogP contribution in [0.3, 0.4) is 0 Å². The van der Waals surface area contributed by atoms with Crippen molar-refractivity contribution in [3.63, 3.8) is 0 Å². The molecule has 2 N–H and O–H groups in total. The molecule has 1 aromatic heterocycles. The van der Waals surface area contributed by atoms with Crippen LogP contribution >= 0.6 is 15.9 Å². The molecular formula is C17H16BrN3. The average molecular weight is 342 g/mol. The molecule has 0 aliphatic heterocycles. The Balaban J connectivity index is 1.89. The van der Waals surface area contributed by atoms with E-state index < -0.39 is 0 Å². The molecule has 0 fully saturated rings. The van der Waals surface area contributed by atoms with E-state index in [0.717, 1.165) is 15.7 Å². The van der Waals surface area contributed by atoms with Crippen molar-refractivity contribution < 1.29 is 0 Å². The number of hydrogen-bond donors (Lipinski definition) is 1. The monoisotopic (exact) mass is 341 g/mol. The van der Waals surface area contributed by atoms with E-state index in [1.165, 1.54) is 11.1 Å². The maximum Gasteiger partial charge on any atom is 0.122 e. The Morgan fingerprint density at radius 1 is 1.10 bits per heavy atom. The Morgan fingerprint density at radius 3 is 2.57 bits per heavy atom. The molecule has 0 unspecified atom stereocenters. The topological polar surface area (TPSA) is 43.8 Å². The highest BCUT2D eigenvalue weighted by atomic mass is 79.9. The van der Waals surface area contributed by atoms with Crippen molar-refractivity contribution >= 4 is 21.7 Å². The quantitative estimate of drug-likeness (QED) is 0.773. The van der Waals surface area contributed by atoms with Crippen LogP contribution in [0.2, 0.25) is 0 Å². The highest BCUT2D eigenvalue weighted by Crippen LogP contribution is 2.22. The standard InChI is InChI=1S/C17H16BrN3/c1-12-3-2-4-14(9-12)16-10-17(19)21(20-16)11-13-5-7-15(18)8-6-13/h2-10H,11,19H2,1H3. The number of halogens is 1. The number of rotatable bonds is 3. The SMILES string of the molecule is Cc1cccc(-c2cc(N)n(Cc3ccc(Br)cc3)n2)c1. The molecule has 106 valence electrons. The summed E-state index contributed by atoms with van der Waals surface area (Å²) in [7, 11) is 0. The molecule has 2 aromatic carbocycles. The largest absolute Gasteiger partial charge is 0.384 e. The number of hydrogen-bond acceptors (Lipinski definition) is 2. The molecule has 0 amide bonds.